The molecule has 0 spiro atoms. The molecule has 2 fully saturated rings. The molecule has 1 aromatic heterocycles. The average Bonchev–Trinajstić information content (AvgIpc) is 3.21. The van der Waals surface area contributed by atoms with Crippen LogP contribution in [-0.4, -0.2) is 40.0 Å². The Morgan fingerprint density at radius 1 is 1.03 bits per heavy atom. The van der Waals surface area contributed by atoms with E-state index in [4.69, 9.17) is 0 Å². The number of amides is 3. The maximum absolute atomic E-state index is 12.2. The van der Waals surface area contributed by atoms with Crippen LogP contribution in [0, 0.1) is 5.92 Å². The van der Waals surface area contributed by atoms with Gasteiger partial charge in [0.15, 0.2) is 0 Å². The molecular formula is C24H28N4O2. The summed E-state index contributed by atoms with van der Waals surface area (Å²) in [7, 11) is 0. The van der Waals surface area contributed by atoms with Crippen LogP contribution in [0.15, 0.2) is 42.5 Å². The molecule has 6 nitrogen and oxygen atoms in total. The van der Waals surface area contributed by atoms with Gasteiger partial charge < -0.3 is 9.88 Å². The van der Waals surface area contributed by atoms with E-state index in [2.05, 4.69) is 69.5 Å². The zero-order valence-corrected chi connectivity index (χ0v) is 17.6. The summed E-state index contributed by atoms with van der Waals surface area (Å²) in [6.07, 6.45) is 1.81. The van der Waals surface area contributed by atoms with E-state index in [-0.39, 0.29) is 17.9 Å². The van der Waals surface area contributed by atoms with Gasteiger partial charge in [-0.1, -0.05) is 24.3 Å². The van der Waals surface area contributed by atoms with E-state index in [0.717, 1.165) is 39.0 Å². The first kappa shape index (κ1) is 19.1. The van der Waals surface area contributed by atoms with Crippen LogP contribution in [0.1, 0.15) is 32.3 Å². The molecule has 5 rings (SSSR count). The van der Waals surface area contributed by atoms with Crippen molar-refractivity contribution < 1.29 is 9.59 Å². The Kier molecular flexibility index (Phi) is 4.54. The zero-order valence-electron chi connectivity index (χ0n) is 17.6. The summed E-state index contributed by atoms with van der Waals surface area (Å²) >= 11 is 0. The van der Waals surface area contributed by atoms with Crippen LogP contribution in [0.25, 0.3) is 21.8 Å². The number of hydrogen-bond acceptors (Lipinski definition) is 3. The molecule has 2 saturated heterocycles. The minimum absolute atomic E-state index is 0.171. The number of nitrogens with one attached hydrogen (secondary N) is 2. The molecule has 1 atom stereocenters. The lowest BCUT2D eigenvalue weighted by Crippen LogP contribution is -2.53. The standard InChI is InChI=1S/C24H28N4O2/c1-3-28-20-7-5-4-6-18(20)19-14-16(8-9-21(19)28)15-27-12-10-17(11-13-27)24(2)22(29)25-23(30)26-24/h4-9,14,17H,3,10-13,15H2,1-2H3,(H2,25,26,29,30). The molecule has 0 saturated carbocycles. The number of likely N-dealkylation sites (tertiary alicyclic amines) is 1. The minimum Gasteiger partial charge on any atom is -0.341 e. The van der Waals surface area contributed by atoms with Crippen LogP contribution in [-0.2, 0) is 17.9 Å². The molecule has 6 heteroatoms. The predicted molar refractivity (Wildman–Crippen MR) is 118 cm³/mol. The molecule has 2 aliphatic heterocycles. The highest BCUT2D eigenvalue weighted by molar-refractivity contribution is 6.08. The van der Waals surface area contributed by atoms with E-state index in [1.54, 1.807) is 0 Å². The smallest absolute Gasteiger partial charge is 0.322 e. The summed E-state index contributed by atoms with van der Waals surface area (Å²) in [5, 5.41) is 7.86. The van der Waals surface area contributed by atoms with Gasteiger partial charge in [-0.2, -0.15) is 0 Å². The van der Waals surface area contributed by atoms with Gasteiger partial charge in [-0.25, -0.2) is 4.79 Å². The average molecular weight is 405 g/mol. The van der Waals surface area contributed by atoms with Gasteiger partial charge in [0.25, 0.3) is 5.91 Å². The normalized spacial score (nSPS) is 23.3. The number of nitrogens with zero attached hydrogens (tertiary/aromatic N) is 2. The van der Waals surface area contributed by atoms with Crippen LogP contribution in [0.5, 0.6) is 0 Å². The highest BCUT2D eigenvalue weighted by Crippen LogP contribution is 2.33. The summed E-state index contributed by atoms with van der Waals surface area (Å²) < 4.78 is 2.38. The van der Waals surface area contributed by atoms with Crippen molar-refractivity contribution in [1.82, 2.24) is 20.1 Å². The van der Waals surface area contributed by atoms with Gasteiger partial charge in [-0.15, -0.1) is 0 Å². The summed E-state index contributed by atoms with van der Waals surface area (Å²) in [5.41, 5.74) is 3.12. The number of imide groups is 1. The highest BCUT2D eigenvalue weighted by atomic mass is 16.2. The number of benzene rings is 2. The molecule has 0 bridgehead atoms. The third kappa shape index (κ3) is 2.98. The molecule has 2 aliphatic rings. The first-order chi connectivity index (χ1) is 14.5. The summed E-state index contributed by atoms with van der Waals surface area (Å²) in [6.45, 7) is 7.77. The largest absolute Gasteiger partial charge is 0.341 e. The molecule has 3 amide bonds. The number of carbonyl (C=O) groups excluding carboxylic acids is 2. The van der Waals surface area contributed by atoms with Crippen molar-refractivity contribution in [1.29, 1.82) is 0 Å². The molecule has 1 unspecified atom stereocenters. The fraction of sp³-hybridized carbons (Fsp3) is 0.417. The van der Waals surface area contributed by atoms with Crippen LogP contribution < -0.4 is 10.6 Å². The van der Waals surface area contributed by atoms with Crippen molar-refractivity contribution in [3.05, 3.63) is 48.0 Å². The zero-order chi connectivity index (χ0) is 20.9. The SMILES string of the molecule is CCn1c2ccccc2c2cc(CN3CCC(C4(C)NC(=O)NC4=O)CC3)ccc21. The Labute approximate surface area is 176 Å². The van der Waals surface area contributed by atoms with Gasteiger partial charge in [0.1, 0.15) is 5.54 Å². The minimum atomic E-state index is -0.774. The van der Waals surface area contributed by atoms with Crippen molar-refractivity contribution in [3.63, 3.8) is 0 Å². The number of carbonyl (C=O) groups is 2. The Balaban J connectivity index is 1.33. The molecule has 0 aliphatic carbocycles. The second-order valence-corrected chi connectivity index (χ2v) is 8.77. The molecule has 2 aromatic carbocycles. The number of urea groups is 1. The molecule has 156 valence electrons. The number of hydrogen-bond donors (Lipinski definition) is 2. The molecular weight excluding hydrogens is 376 g/mol. The van der Waals surface area contributed by atoms with Gasteiger partial charge in [0.05, 0.1) is 0 Å². The van der Waals surface area contributed by atoms with Crippen molar-refractivity contribution in [2.24, 2.45) is 5.92 Å². The van der Waals surface area contributed by atoms with Crippen LogP contribution in [0.4, 0.5) is 4.79 Å². The first-order valence-corrected chi connectivity index (χ1v) is 10.9. The van der Waals surface area contributed by atoms with Crippen LogP contribution >= 0.6 is 0 Å². The Morgan fingerprint density at radius 2 is 1.77 bits per heavy atom. The van der Waals surface area contributed by atoms with Gasteiger partial charge in [0.2, 0.25) is 0 Å². The van der Waals surface area contributed by atoms with Gasteiger partial charge in [0, 0.05) is 34.9 Å². The second-order valence-electron chi connectivity index (χ2n) is 8.77. The Morgan fingerprint density at radius 3 is 2.47 bits per heavy atom. The van der Waals surface area contributed by atoms with E-state index in [1.165, 1.54) is 27.4 Å². The van der Waals surface area contributed by atoms with E-state index < -0.39 is 5.54 Å². The maximum atomic E-state index is 12.2. The maximum Gasteiger partial charge on any atom is 0.322 e. The van der Waals surface area contributed by atoms with Crippen molar-refractivity contribution >= 4 is 33.7 Å². The van der Waals surface area contributed by atoms with E-state index >= 15 is 0 Å². The fourth-order valence-electron chi connectivity index (χ4n) is 5.31. The second kappa shape index (κ2) is 7.13. The number of aromatic nitrogens is 1. The lowest BCUT2D eigenvalue weighted by molar-refractivity contribution is -0.125. The van der Waals surface area contributed by atoms with Crippen molar-refractivity contribution in [2.45, 2.75) is 45.3 Å². The summed E-state index contributed by atoms with van der Waals surface area (Å²) in [4.78, 5) is 26.3. The highest BCUT2D eigenvalue weighted by Gasteiger charge is 2.48. The monoisotopic (exact) mass is 404 g/mol. The van der Waals surface area contributed by atoms with Gasteiger partial charge in [-0.3, -0.25) is 15.0 Å². The topological polar surface area (TPSA) is 66.4 Å². The number of aryl methyl sites for hydroxylation is 1. The first-order valence-electron chi connectivity index (χ1n) is 10.9. The summed E-state index contributed by atoms with van der Waals surface area (Å²) in [5.74, 6) is -0.0195. The fourth-order valence-corrected chi connectivity index (χ4v) is 5.31. The lowest BCUT2D eigenvalue weighted by Gasteiger charge is -2.38. The predicted octanol–water partition coefficient (Wildman–Crippen LogP) is 3.62. The quantitative estimate of drug-likeness (QED) is 0.653. The molecule has 3 heterocycles. The van der Waals surface area contributed by atoms with Gasteiger partial charge in [-0.05, 0) is 69.5 Å². The van der Waals surface area contributed by atoms with E-state index in [0.29, 0.717) is 0 Å². The van der Waals surface area contributed by atoms with Gasteiger partial charge >= 0.3 is 6.03 Å². The van der Waals surface area contributed by atoms with E-state index in [9.17, 15) is 9.59 Å². The number of para-hydroxylation sites is 1. The Bertz CT molecular complexity index is 1140. The van der Waals surface area contributed by atoms with Crippen LogP contribution in [0.2, 0.25) is 0 Å². The third-order valence-corrected chi connectivity index (χ3v) is 7.04. The molecule has 3 aromatic rings. The number of rotatable bonds is 4. The third-order valence-electron chi connectivity index (χ3n) is 7.04. The van der Waals surface area contributed by atoms with Crippen molar-refractivity contribution in [2.75, 3.05) is 13.1 Å². The molecule has 30 heavy (non-hydrogen) atoms. The van der Waals surface area contributed by atoms with Crippen molar-refractivity contribution in [3.8, 4) is 0 Å². The lowest BCUT2D eigenvalue weighted by atomic mass is 9.79. The molecule has 0 radical (unpaired) electrons. The number of fused-ring (bicyclic) bond motifs is 3. The van der Waals surface area contributed by atoms with E-state index in [1.807, 2.05) is 6.92 Å². The Hall–Kier alpha value is -2.86. The molecule has 2 N–H and O–H groups in total. The summed E-state index contributed by atoms with van der Waals surface area (Å²) in [6, 6.07) is 15.1. The van der Waals surface area contributed by atoms with Crippen LogP contribution in [0.3, 0.4) is 0 Å². The number of piperidine rings is 1.